The van der Waals surface area contributed by atoms with Crippen LogP contribution in [0.3, 0.4) is 0 Å². The van der Waals surface area contributed by atoms with E-state index in [9.17, 15) is 18.9 Å². The van der Waals surface area contributed by atoms with Crippen LogP contribution >= 0.6 is 12.2 Å². The number of hydrogen-bond donors (Lipinski definition) is 2. The molecule has 1 aromatic rings. The predicted molar refractivity (Wildman–Crippen MR) is 60.5 cm³/mol. The third kappa shape index (κ3) is 3.41. The topological polar surface area (TPSA) is 93.5 Å². The van der Waals surface area contributed by atoms with Crippen molar-refractivity contribution in [1.82, 2.24) is 5.43 Å². The van der Waals surface area contributed by atoms with Gasteiger partial charge in [-0.1, -0.05) is 0 Å². The average molecular weight is 260 g/mol. The Labute approximate surface area is 99.3 Å². The lowest BCUT2D eigenvalue weighted by Gasteiger charge is -2.00. The molecule has 0 unspecified atom stereocenters. The molecule has 0 aromatic heterocycles. The van der Waals surface area contributed by atoms with Crippen LogP contribution in [0.2, 0.25) is 0 Å². The molecule has 0 amide bonds. The van der Waals surface area contributed by atoms with Crippen LogP contribution < -0.4 is 11.2 Å². The zero-order chi connectivity index (χ0) is 13.0. The molecule has 17 heavy (non-hydrogen) atoms. The van der Waals surface area contributed by atoms with E-state index in [2.05, 4.69) is 22.7 Å². The van der Waals surface area contributed by atoms with Gasteiger partial charge in [0.15, 0.2) is 5.11 Å². The van der Waals surface area contributed by atoms with Crippen molar-refractivity contribution in [2.45, 2.75) is 0 Å². The SMILES string of the molecule is NC(=S)NN=Cc1c(F)cc(F)cc1[N+](=O)[O-]. The highest BCUT2D eigenvalue weighted by Crippen LogP contribution is 2.21. The Morgan fingerprint density at radius 1 is 1.59 bits per heavy atom. The van der Waals surface area contributed by atoms with Gasteiger partial charge in [0.2, 0.25) is 0 Å². The smallest absolute Gasteiger partial charge is 0.284 e. The second-order valence-corrected chi connectivity index (χ2v) is 3.25. The van der Waals surface area contributed by atoms with Crippen LogP contribution in [-0.4, -0.2) is 16.3 Å². The summed E-state index contributed by atoms with van der Waals surface area (Å²) in [5.41, 5.74) is 5.92. The number of nitro benzene ring substituents is 1. The number of thiocarbonyl (C=S) groups is 1. The molecule has 1 aromatic carbocycles. The minimum atomic E-state index is -1.11. The number of nitrogens with zero attached hydrogens (tertiary/aromatic N) is 2. The maximum atomic E-state index is 13.3. The number of halogens is 2. The van der Waals surface area contributed by atoms with Crippen molar-refractivity contribution in [2.75, 3.05) is 0 Å². The van der Waals surface area contributed by atoms with Crippen LogP contribution in [0.4, 0.5) is 14.5 Å². The van der Waals surface area contributed by atoms with Crippen molar-refractivity contribution >= 4 is 29.2 Å². The second-order valence-electron chi connectivity index (χ2n) is 2.81. The van der Waals surface area contributed by atoms with E-state index in [0.29, 0.717) is 12.1 Å². The molecule has 6 nitrogen and oxygen atoms in total. The Morgan fingerprint density at radius 3 is 2.76 bits per heavy atom. The van der Waals surface area contributed by atoms with Gasteiger partial charge in [-0.2, -0.15) is 5.10 Å². The normalized spacial score (nSPS) is 10.5. The molecule has 0 bridgehead atoms. The van der Waals surface area contributed by atoms with Crippen LogP contribution in [0.25, 0.3) is 0 Å². The number of nitro groups is 1. The fourth-order valence-corrected chi connectivity index (χ4v) is 1.06. The fourth-order valence-electron chi connectivity index (χ4n) is 1.01. The molecule has 0 aliphatic carbocycles. The molecule has 0 spiro atoms. The molecule has 0 aliphatic rings. The molecular formula is C8H6F2N4O2S. The van der Waals surface area contributed by atoms with Gasteiger partial charge >= 0.3 is 0 Å². The Hall–Kier alpha value is -2.16. The number of hydrazone groups is 1. The number of benzene rings is 1. The summed E-state index contributed by atoms with van der Waals surface area (Å²) in [6.07, 6.45) is 0.798. The van der Waals surface area contributed by atoms with Gasteiger partial charge < -0.3 is 5.73 Å². The largest absolute Gasteiger partial charge is 0.375 e. The van der Waals surface area contributed by atoms with E-state index >= 15 is 0 Å². The second kappa shape index (κ2) is 5.25. The summed E-state index contributed by atoms with van der Waals surface area (Å²) in [5.74, 6) is -2.15. The summed E-state index contributed by atoms with van der Waals surface area (Å²) < 4.78 is 26.0. The molecule has 0 saturated heterocycles. The fraction of sp³-hybridized carbons (Fsp3) is 0. The molecule has 9 heteroatoms. The number of hydrogen-bond acceptors (Lipinski definition) is 4. The third-order valence-corrected chi connectivity index (χ3v) is 1.73. The maximum Gasteiger partial charge on any atom is 0.284 e. The summed E-state index contributed by atoms with van der Waals surface area (Å²) in [6, 6.07) is 1.10. The van der Waals surface area contributed by atoms with E-state index in [1.807, 2.05) is 0 Å². The molecule has 1 rings (SSSR count). The Bertz CT molecular complexity index is 507. The van der Waals surface area contributed by atoms with Crippen LogP contribution in [0, 0.1) is 21.7 Å². The first-order valence-electron chi connectivity index (χ1n) is 4.13. The first kappa shape index (κ1) is 12.9. The van der Waals surface area contributed by atoms with Gasteiger partial charge in [-0.05, 0) is 12.2 Å². The molecule has 0 saturated carbocycles. The van der Waals surface area contributed by atoms with Crippen molar-refractivity contribution in [3.8, 4) is 0 Å². The van der Waals surface area contributed by atoms with Gasteiger partial charge in [0, 0.05) is 6.07 Å². The zero-order valence-electron chi connectivity index (χ0n) is 8.18. The summed E-state index contributed by atoms with van der Waals surface area (Å²) in [5, 5.41) is 13.7. The van der Waals surface area contributed by atoms with E-state index in [-0.39, 0.29) is 5.11 Å². The maximum absolute atomic E-state index is 13.3. The highest BCUT2D eigenvalue weighted by atomic mass is 32.1. The molecule has 90 valence electrons. The van der Waals surface area contributed by atoms with Crippen molar-refractivity contribution in [3.63, 3.8) is 0 Å². The number of rotatable bonds is 3. The lowest BCUT2D eigenvalue weighted by atomic mass is 10.2. The number of nitrogens with one attached hydrogen (secondary N) is 1. The standard InChI is InChI=1S/C8H6F2N4O2S/c9-4-1-6(10)5(3-12-13-8(11)17)7(2-4)14(15)16/h1-3H,(H3,11,13,17). The van der Waals surface area contributed by atoms with Crippen molar-refractivity contribution < 1.29 is 13.7 Å². The van der Waals surface area contributed by atoms with Gasteiger partial charge in [0.1, 0.15) is 17.2 Å². The summed E-state index contributed by atoms with van der Waals surface area (Å²) in [4.78, 5) is 9.64. The van der Waals surface area contributed by atoms with Gasteiger partial charge in [-0.25, -0.2) is 8.78 Å². The van der Waals surface area contributed by atoms with E-state index in [0.717, 1.165) is 6.21 Å². The molecule has 0 aliphatic heterocycles. The van der Waals surface area contributed by atoms with E-state index < -0.39 is 27.8 Å². The summed E-state index contributed by atoms with van der Waals surface area (Å²) in [6.45, 7) is 0. The van der Waals surface area contributed by atoms with Crippen LogP contribution in [-0.2, 0) is 0 Å². The summed E-state index contributed by atoms with van der Waals surface area (Å²) >= 11 is 4.41. The Morgan fingerprint density at radius 2 is 2.24 bits per heavy atom. The summed E-state index contributed by atoms with van der Waals surface area (Å²) in [7, 11) is 0. The van der Waals surface area contributed by atoms with Crippen molar-refractivity contribution in [2.24, 2.45) is 10.8 Å². The molecule has 0 fully saturated rings. The highest BCUT2D eigenvalue weighted by Gasteiger charge is 2.18. The minimum absolute atomic E-state index is 0.188. The minimum Gasteiger partial charge on any atom is -0.375 e. The Balaban J connectivity index is 3.17. The molecule has 0 heterocycles. The van der Waals surface area contributed by atoms with Gasteiger partial charge in [0.05, 0.1) is 17.2 Å². The van der Waals surface area contributed by atoms with E-state index in [1.165, 1.54) is 0 Å². The Kier molecular flexibility index (Phi) is 3.99. The highest BCUT2D eigenvalue weighted by molar-refractivity contribution is 7.80. The van der Waals surface area contributed by atoms with Crippen molar-refractivity contribution in [1.29, 1.82) is 0 Å². The first-order valence-corrected chi connectivity index (χ1v) is 4.54. The average Bonchev–Trinajstić information content (AvgIpc) is 2.19. The predicted octanol–water partition coefficient (Wildman–Crippen LogP) is 1.04. The number of nitrogens with two attached hydrogens (primary N) is 1. The van der Waals surface area contributed by atoms with Crippen molar-refractivity contribution in [3.05, 3.63) is 39.4 Å². The quantitative estimate of drug-likeness (QED) is 0.366. The van der Waals surface area contributed by atoms with Crippen LogP contribution in [0.1, 0.15) is 5.56 Å². The van der Waals surface area contributed by atoms with Crippen LogP contribution in [0.5, 0.6) is 0 Å². The lowest BCUT2D eigenvalue weighted by molar-refractivity contribution is -0.385. The molecule has 0 radical (unpaired) electrons. The van der Waals surface area contributed by atoms with E-state index in [1.54, 1.807) is 0 Å². The third-order valence-electron chi connectivity index (χ3n) is 1.64. The van der Waals surface area contributed by atoms with Crippen LogP contribution in [0.15, 0.2) is 17.2 Å². The molecular weight excluding hydrogens is 254 g/mol. The van der Waals surface area contributed by atoms with Gasteiger partial charge in [-0.3, -0.25) is 15.5 Å². The molecule has 3 N–H and O–H groups in total. The van der Waals surface area contributed by atoms with E-state index in [4.69, 9.17) is 5.73 Å². The first-order chi connectivity index (χ1) is 7.91. The monoisotopic (exact) mass is 260 g/mol. The van der Waals surface area contributed by atoms with Gasteiger partial charge in [-0.15, -0.1) is 0 Å². The molecule has 0 atom stereocenters. The van der Waals surface area contributed by atoms with Gasteiger partial charge in [0.25, 0.3) is 5.69 Å². The zero-order valence-corrected chi connectivity index (χ0v) is 9.00. The lowest BCUT2D eigenvalue weighted by Crippen LogP contribution is -2.24.